The van der Waals surface area contributed by atoms with E-state index in [1.165, 1.54) is 6.92 Å². The van der Waals surface area contributed by atoms with E-state index in [1.807, 2.05) is 21.5 Å². The highest BCUT2D eigenvalue weighted by Crippen LogP contribution is 2.25. The third-order valence-electron chi connectivity index (χ3n) is 6.00. The van der Waals surface area contributed by atoms with Crippen LogP contribution in [0, 0.1) is 0 Å². The smallest absolute Gasteiger partial charge is 0.254 e. The summed E-state index contributed by atoms with van der Waals surface area (Å²) in [5.74, 6) is -0.0798. The van der Waals surface area contributed by atoms with E-state index in [4.69, 9.17) is 4.74 Å². The second kappa shape index (κ2) is 9.52. The summed E-state index contributed by atoms with van der Waals surface area (Å²) in [5.41, 5.74) is 4.31. The Kier molecular flexibility index (Phi) is 6.55. The number of morpholine rings is 1. The molecule has 9 heteroatoms. The zero-order valence-corrected chi connectivity index (χ0v) is 18.6. The number of nitrogens with one attached hydrogen (secondary N) is 1. The van der Waals surface area contributed by atoms with Gasteiger partial charge in [-0.15, -0.1) is 0 Å². The fourth-order valence-corrected chi connectivity index (χ4v) is 4.32. The van der Waals surface area contributed by atoms with Crippen LogP contribution in [0.25, 0.3) is 0 Å². The minimum atomic E-state index is -0.149. The Hall–Kier alpha value is -3.20. The Bertz CT molecular complexity index is 1010. The molecule has 0 bridgehead atoms. The number of anilines is 1. The monoisotopic (exact) mass is 439 g/mol. The number of fused-ring (bicyclic) bond motifs is 1. The number of carbonyl (C=O) groups excluding carboxylic acids is 3. The van der Waals surface area contributed by atoms with Crippen LogP contribution in [0.2, 0.25) is 0 Å². The van der Waals surface area contributed by atoms with Crippen LogP contribution in [-0.4, -0.2) is 70.1 Å². The van der Waals surface area contributed by atoms with Crippen LogP contribution >= 0.6 is 0 Å². The van der Waals surface area contributed by atoms with Gasteiger partial charge in [0, 0.05) is 81.9 Å². The number of benzene rings is 1. The first kappa shape index (κ1) is 22.0. The van der Waals surface area contributed by atoms with Crippen LogP contribution in [0.3, 0.4) is 0 Å². The number of amides is 3. The molecule has 1 saturated heterocycles. The molecule has 0 aliphatic carbocycles. The van der Waals surface area contributed by atoms with E-state index >= 15 is 0 Å². The number of carbonyl (C=O) groups is 3. The number of aryl methyl sites for hydroxylation is 2. The lowest BCUT2D eigenvalue weighted by molar-refractivity contribution is -0.135. The van der Waals surface area contributed by atoms with Crippen LogP contribution < -0.4 is 5.32 Å². The zero-order chi connectivity index (χ0) is 22.7. The van der Waals surface area contributed by atoms with Crippen LogP contribution in [0.15, 0.2) is 24.3 Å². The predicted octanol–water partition coefficient (Wildman–Crippen LogP) is 1.37. The quantitative estimate of drug-likeness (QED) is 0.759. The van der Waals surface area contributed by atoms with E-state index in [1.54, 1.807) is 24.3 Å². The normalized spacial score (nSPS) is 15.9. The SMILES string of the molecule is CC(=O)Nc1ccc(C(=O)N2CCc3c(c(CCC(=O)N4CCOCC4)nn3C)C2)cc1. The van der Waals surface area contributed by atoms with Crippen molar-refractivity contribution in [2.45, 2.75) is 32.7 Å². The molecule has 0 atom stereocenters. The molecule has 32 heavy (non-hydrogen) atoms. The average Bonchev–Trinajstić information content (AvgIpc) is 3.12. The number of nitrogens with zero attached hydrogens (tertiary/aromatic N) is 4. The van der Waals surface area contributed by atoms with Crippen molar-refractivity contribution < 1.29 is 19.1 Å². The minimum Gasteiger partial charge on any atom is -0.378 e. The molecule has 0 unspecified atom stereocenters. The van der Waals surface area contributed by atoms with Gasteiger partial charge in [-0.3, -0.25) is 19.1 Å². The summed E-state index contributed by atoms with van der Waals surface area (Å²) in [4.78, 5) is 40.5. The van der Waals surface area contributed by atoms with E-state index in [2.05, 4.69) is 10.4 Å². The molecule has 1 aromatic heterocycles. The number of rotatable bonds is 5. The van der Waals surface area contributed by atoms with Crippen LogP contribution in [-0.2, 0) is 40.8 Å². The maximum Gasteiger partial charge on any atom is 0.254 e. The first-order valence-corrected chi connectivity index (χ1v) is 11.0. The molecule has 2 aromatic rings. The highest BCUT2D eigenvalue weighted by atomic mass is 16.5. The summed E-state index contributed by atoms with van der Waals surface area (Å²) < 4.78 is 7.20. The largest absolute Gasteiger partial charge is 0.378 e. The maximum absolute atomic E-state index is 13.1. The first-order chi connectivity index (χ1) is 15.4. The lowest BCUT2D eigenvalue weighted by atomic mass is 10.0. The van der Waals surface area contributed by atoms with Crippen molar-refractivity contribution in [3.8, 4) is 0 Å². The van der Waals surface area contributed by atoms with E-state index < -0.39 is 0 Å². The standard InChI is InChI=1S/C23H29N5O4/c1-16(29)24-18-5-3-17(4-6-18)23(31)28-10-9-21-19(15-28)20(25-26(21)2)7-8-22(30)27-11-13-32-14-12-27/h3-6H,7-15H2,1-2H3,(H,24,29). The Labute approximate surface area is 187 Å². The molecule has 0 radical (unpaired) electrons. The van der Waals surface area contributed by atoms with Gasteiger partial charge in [0.15, 0.2) is 0 Å². The van der Waals surface area contributed by atoms with Gasteiger partial charge >= 0.3 is 0 Å². The third-order valence-corrected chi connectivity index (χ3v) is 6.00. The van der Waals surface area contributed by atoms with E-state index in [9.17, 15) is 14.4 Å². The second-order valence-electron chi connectivity index (χ2n) is 8.22. The molecule has 1 N–H and O–H groups in total. The zero-order valence-electron chi connectivity index (χ0n) is 18.6. The molecule has 3 amide bonds. The molecule has 4 rings (SSSR count). The molecule has 2 aliphatic rings. The van der Waals surface area contributed by atoms with Crippen molar-refractivity contribution >= 4 is 23.4 Å². The Balaban J connectivity index is 1.42. The summed E-state index contributed by atoms with van der Waals surface area (Å²) in [6.45, 7) is 5.01. The number of ether oxygens (including phenoxy) is 1. The van der Waals surface area contributed by atoms with Gasteiger partial charge in [0.05, 0.1) is 18.9 Å². The minimum absolute atomic E-state index is 0.0516. The lowest BCUT2D eigenvalue weighted by Crippen LogP contribution is -2.40. The molecule has 9 nitrogen and oxygen atoms in total. The predicted molar refractivity (Wildman–Crippen MR) is 118 cm³/mol. The average molecular weight is 440 g/mol. The second-order valence-corrected chi connectivity index (χ2v) is 8.22. The fraction of sp³-hybridized carbons (Fsp3) is 0.478. The summed E-state index contributed by atoms with van der Waals surface area (Å²) in [6, 6.07) is 6.93. The van der Waals surface area contributed by atoms with E-state index in [0.717, 1.165) is 23.4 Å². The number of hydrogen-bond acceptors (Lipinski definition) is 5. The van der Waals surface area contributed by atoms with Gasteiger partial charge < -0.3 is 19.9 Å². The van der Waals surface area contributed by atoms with Gasteiger partial charge in [-0.1, -0.05) is 0 Å². The molecule has 170 valence electrons. The van der Waals surface area contributed by atoms with Gasteiger partial charge in [0.25, 0.3) is 5.91 Å². The number of hydrogen-bond donors (Lipinski definition) is 1. The molecule has 0 saturated carbocycles. The van der Waals surface area contributed by atoms with Gasteiger partial charge in [-0.25, -0.2) is 0 Å². The lowest BCUT2D eigenvalue weighted by Gasteiger charge is -2.28. The van der Waals surface area contributed by atoms with Crippen molar-refractivity contribution in [1.82, 2.24) is 19.6 Å². The van der Waals surface area contributed by atoms with Crippen molar-refractivity contribution in [3.05, 3.63) is 46.8 Å². The third kappa shape index (κ3) is 4.83. The van der Waals surface area contributed by atoms with Crippen LogP contribution in [0.1, 0.15) is 40.7 Å². The van der Waals surface area contributed by atoms with Crippen molar-refractivity contribution in [1.29, 1.82) is 0 Å². The maximum atomic E-state index is 13.1. The molecular formula is C23H29N5O4. The molecular weight excluding hydrogens is 410 g/mol. The van der Waals surface area contributed by atoms with Gasteiger partial charge in [0.1, 0.15) is 0 Å². The van der Waals surface area contributed by atoms with Gasteiger partial charge in [-0.2, -0.15) is 5.10 Å². The van der Waals surface area contributed by atoms with E-state index in [0.29, 0.717) is 63.5 Å². The Morgan fingerprint density at radius 1 is 1.06 bits per heavy atom. The van der Waals surface area contributed by atoms with Crippen LogP contribution in [0.4, 0.5) is 5.69 Å². The summed E-state index contributed by atoms with van der Waals surface area (Å²) in [7, 11) is 1.92. The fourth-order valence-electron chi connectivity index (χ4n) is 4.32. The Morgan fingerprint density at radius 2 is 1.78 bits per heavy atom. The topological polar surface area (TPSA) is 96.8 Å². The van der Waals surface area contributed by atoms with Crippen molar-refractivity contribution in [2.75, 3.05) is 38.2 Å². The van der Waals surface area contributed by atoms with Gasteiger partial charge in [-0.05, 0) is 24.3 Å². The molecule has 2 aliphatic heterocycles. The van der Waals surface area contributed by atoms with Crippen molar-refractivity contribution in [2.24, 2.45) is 7.05 Å². The molecule has 1 fully saturated rings. The first-order valence-electron chi connectivity index (χ1n) is 11.0. The molecule has 1 aromatic carbocycles. The summed E-state index contributed by atoms with van der Waals surface area (Å²) in [6.07, 6.45) is 1.70. The number of aromatic nitrogens is 2. The van der Waals surface area contributed by atoms with Crippen LogP contribution in [0.5, 0.6) is 0 Å². The summed E-state index contributed by atoms with van der Waals surface area (Å²) >= 11 is 0. The van der Waals surface area contributed by atoms with Gasteiger partial charge in [0.2, 0.25) is 11.8 Å². The summed E-state index contributed by atoms with van der Waals surface area (Å²) in [5, 5.41) is 7.37. The Morgan fingerprint density at radius 3 is 2.47 bits per heavy atom. The van der Waals surface area contributed by atoms with E-state index in [-0.39, 0.29) is 17.7 Å². The highest BCUT2D eigenvalue weighted by molar-refractivity contribution is 5.95. The van der Waals surface area contributed by atoms with Crippen molar-refractivity contribution in [3.63, 3.8) is 0 Å². The molecule has 3 heterocycles. The molecule has 0 spiro atoms. The highest BCUT2D eigenvalue weighted by Gasteiger charge is 2.28.